The van der Waals surface area contributed by atoms with Crippen LogP contribution in [0, 0.1) is 24.0 Å². The molecule has 0 heterocycles. The van der Waals surface area contributed by atoms with E-state index in [1.54, 1.807) is 6.07 Å². The Morgan fingerprint density at radius 1 is 1.20 bits per heavy atom. The van der Waals surface area contributed by atoms with Gasteiger partial charge in [-0.1, -0.05) is 29.8 Å². The first-order chi connectivity index (χ1) is 9.47. The smallest absolute Gasteiger partial charge is 0.288 e. The van der Waals surface area contributed by atoms with Gasteiger partial charge in [0.05, 0.1) is 4.92 Å². The molecule has 0 unspecified atom stereocenters. The fraction of sp³-hybridized carbons (Fsp3) is 0.200. The van der Waals surface area contributed by atoms with Gasteiger partial charge >= 0.3 is 0 Å². The maximum absolute atomic E-state index is 10.8. The van der Waals surface area contributed by atoms with Crippen molar-refractivity contribution in [1.82, 2.24) is 0 Å². The summed E-state index contributed by atoms with van der Waals surface area (Å²) in [7, 11) is 0. The Bertz CT molecular complexity index is 656. The van der Waals surface area contributed by atoms with Gasteiger partial charge in [0.1, 0.15) is 17.4 Å². The van der Waals surface area contributed by atoms with Crippen LogP contribution in [-0.4, -0.2) is 4.92 Å². The monoisotopic (exact) mass is 291 g/mol. The molecule has 0 aliphatic carbocycles. The molecule has 4 nitrogen and oxygen atoms in total. The molecule has 0 amide bonds. The lowest BCUT2D eigenvalue weighted by molar-refractivity contribution is -0.384. The van der Waals surface area contributed by atoms with E-state index in [2.05, 4.69) is 0 Å². The van der Waals surface area contributed by atoms with Crippen molar-refractivity contribution in [1.29, 1.82) is 0 Å². The third kappa shape index (κ3) is 3.27. The zero-order valence-corrected chi connectivity index (χ0v) is 12.0. The Morgan fingerprint density at radius 3 is 2.65 bits per heavy atom. The molecule has 20 heavy (non-hydrogen) atoms. The van der Waals surface area contributed by atoms with E-state index in [-0.39, 0.29) is 17.3 Å². The Labute approximate surface area is 122 Å². The van der Waals surface area contributed by atoms with Crippen LogP contribution < -0.4 is 4.74 Å². The van der Waals surface area contributed by atoms with Crippen LogP contribution in [0.1, 0.15) is 16.7 Å². The van der Waals surface area contributed by atoms with Crippen LogP contribution in [0.5, 0.6) is 5.75 Å². The second-order valence-electron chi connectivity index (χ2n) is 4.60. The minimum atomic E-state index is -0.496. The lowest BCUT2D eigenvalue weighted by Gasteiger charge is -2.10. The summed E-state index contributed by atoms with van der Waals surface area (Å²) in [6.45, 7) is 4.21. The van der Waals surface area contributed by atoms with Crippen LogP contribution in [0.2, 0.25) is 5.02 Å². The number of hydrogen-bond donors (Lipinski definition) is 0. The van der Waals surface area contributed by atoms with Gasteiger partial charge in [-0.25, -0.2) is 0 Å². The predicted octanol–water partition coefficient (Wildman–Crippen LogP) is 4.44. The number of nitro benzene ring substituents is 1. The number of rotatable bonds is 4. The highest BCUT2D eigenvalue weighted by Gasteiger charge is 2.13. The molecule has 0 spiro atoms. The highest BCUT2D eigenvalue weighted by molar-refractivity contribution is 6.32. The van der Waals surface area contributed by atoms with Crippen LogP contribution in [0.25, 0.3) is 0 Å². The molecule has 0 aromatic heterocycles. The van der Waals surface area contributed by atoms with Gasteiger partial charge < -0.3 is 4.74 Å². The van der Waals surface area contributed by atoms with Crippen molar-refractivity contribution in [3.63, 3.8) is 0 Å². The van der Waals surface area contributed by atoms with E-state index in [0.29, 0.717) is 5.56 Å². The third-order valence-electron chi connectivity index (χ3n) is 2.95. The highest BCUT2D eigenvalue weighted by atomic mass is 35.5. The standard InChI is InChI=1S/C15H14ClNO3/c1-10-3-4-11(2)15(7-10)20-9-12-5-6-13(16)14(8-12)17(18)19/h3-8H,9H2,1-2H3. The quantitative estimate of drug-likeness (QED) is 0.618. The second kappa shape index (κ2) is 5.92. The van der Waals surface area contributed by atoms with Gasteiger partial charge in [-0.2, -0.15) is 0 Å². The van der Waals surface area contributed by atoms with Gasteiger partial charge in [0, 0.05) is 6.07 Å². The van der Waals surface area contributed by atoms with E-state index in [4.69, 9.17) is 16.3 Å². The summed E-state index contributed by atoms with van der Waals surface area (Å²) < 4.78 is 5.71. The minimum Gasteiger partial charge on any atom is -0.489 e. The van der Waals surface area contributed by atoms with Crippen LogP contribution in [0.4, 0.5) is 5.69 Å². The average Bonchev–Trinajstić information content (AvgIpc) is 2.41. The van der Waals surface area contributed by atoms with Crippen molar-refractivity contribution in [2.75, 3.05) is 0 Å². The first-order valence-corrected chi connectivity index (χ1v) is 6.48. The molecule has 0 bridgehead atoms. The van der Waals surface area contributed by atoms with Crippen LogP contribution in [-0.2, 0) is 6.61 Å². The van der Waals surface area contributed by atoms with Crippen molar-refractivity contribution in [2.45, 2.75) is 20.5 Å². The van der Waals surface area contributed by atoms with Crippen LogP contribution >= 0.6 is 11.6 Å². The number of benzene rings is 2. The number of nitro groups is 1. The summed E-state index contributed by atoms with van der Waals surface area (Å²) in [5.74, 6) is 0.780. The molecule has 0 radical (unpaired) electrons. The maximum atomic E-state index is 10.8. The molecular weight excluding hydrogens is 278 g/mol. The molecule has 0 saturated carbocycles. The van der Waals surface area contributed by atoms with E-state index in [9.17, 15) is 10.1 Å². The zero-order chi connectivity index (χ0) is 14.7. The largest absolute Gasteiger partial charge is 0.489 e. The fourth-order valence-corrected chi connectivity index (χ4v) is 2.00. The summed E-state index contributed by atoms with van der Waals surface area (Å²) in [5, 5.41) is 11.0. The van der Waals surface area contributed by atoms with Crippen LogP contribution in [0.15, 0.2) is 36.4 Å². The van der Waals surface area contributed by atoms with E-state index >= 15 is 0 Å². The number of hydrogen-bond acceptors (Lipinski definition) is 3. The highest BCUT2D eigenvalue weighted by Crippen LogP contribution is 2.26. The van der Waals surface area contributed by atoms with Gasteiger partial charge in [0.15, 0.2) is 0 Å². The number of halogens is 1. The van der Waals surface area contributed by atoms with Crippen molar-refractivity contribution in [2.24, 2.45) is 0 Å². The molecule has 2 aromatic rings. The van der Waals surface area contributed by atoms with Crippen molar-refractivity contribution in [3.8, 4) is 5.75 Å². The zero-order valence-electron chi connectivity index (χ0n) is 11.2. The van der Waals surface area contributed by atoms with E-state index < -0.39 is 4.92 Å². The Hall–Kier alpha value is -2.07. The van der Waals surface area contributed by atoms with E-state index in [1.807, 2.05) is 32.0 Å². The average molecular weight is 292 g/mol. The summed E-state index contributed by atoms with van der Waals surface area (Å²) in [4.78, 5) is 10.3. The van der Waals surface area contributed by atoms with Gasteiger partial charge in [-0.15, -0.1) is 0 Å². The molecule has 5 heteroatoms. The van der Waals surface area contributed by atoms with Crippen molar-refractivity contribution < 1.29 is 9.66 Å². The molecule has 104 valence electrons. The summed E-state index contributed by atoms with van der Waals surface area (Å²) >= 11 is 5.77. The van der Waals surface area contributed by atoms with E-state index in [0.717, 1.165) is 16.9 Å². The lowest BCUT2D eigenvalue weighted by Crippen LogP contribution is -1.99. The SMILES string of the molecule is Cc1ccc(C)c(OCc2ccc(Cl)c([N+](=O)[O-])c2)c1. The lowest BCUT2D eigenvalue weighted by atomic mass is 10.1. The molecule has 0 fully saturated rings. The Balaban J connectivity index is 2.17. The van der Waals surface area contributed by atoms with Crippen LogP contribution in [0.3, 0.4) is 0 Å². The summed E-state index contributed by atoms with van der Waals surface area (Å²) in [6, 6.07) is 10.6. The Morgan fingerprint density at radius 2 is 1.95 bits per heavy atom. The number of aryl methyl sites for hydroxylation is 2. The molecule has 0 saturated heterocycles. The maximum Gasteiger partial charge on any atom is 0.288 e. The topological polar surface area (TPSA) is 52.4 Å². The Kier molecular flexibility index (Phi) is 4.25. The van der Waals surface area contributed by atoms with Gasteiger partial charge in [-0.05, 0) is 42.7 Å². The first kappa shape index (κ1) is 14.3. The molecular formula is C15H14ClNO3. The second-order valence-corrected chi connectivity index (χ2v) is 5.01. The summed E-state index contributed by atoms with van der Waals surface area (Å²) in [6.07, 6.45) is 0. The third-order valence-corrected chi connectivity index (χ3v) is 3.26. The van der Waals surface area contributed by atoms with Crippen molar-refractivity contribution in [3.05, 3.63) is 68.2 Å². The van der Waals surface area contributed by atoms with Gasteiger partial charge in [0.25, 0.3) is 5.69 Å². The molecule has 0 aliphatic heterocycles. The first-order valence-electron chi connectivity index (χ1n) is 6.10. The summed E-state index contributed by atoms with van der Waals surface area (Å²) in [5.41, 5.74) is 2.74. The van der Waals surface area contributed by atoms with Crippen molar-refractivity contribution >= 4 is 17.3 Å². The van der Waals surface area contributed by atoms with Gasteiger partial charge in [0.2, 0.25) is 0 Å². The van der Waals surface area contributed by atoms with E-state index in [1.165, 1.54) is 12.1 Å². The fourth-order valence-electron chi connectivity index (χ4n) is 1.81. The number of ether oxygens (including phenoxy) is 1. The predicted molar refractivity (Wildman–Crippen MR) is 78.4 cm³/mol. The molecule has 0 N–H and O–H groups in total. The normalized spacial score (nSPS) is 10.3. The molecule has 0 atom stereocenters. The molecule has 2 aromatic carbocycles. The molecule has 2 rings (SSSR count). The molecule has 0 aliphatic rings. The minimum absolute atomic E-state index is 0.103. The number of nitrogens with zero attached hydrogens (tertiary/aromatic N) is 1. The van der Waals surface area contributed by atoms with Gasteiger partial charge in [-0.3, -0.25) is 10.1 Å².